The highest BCUT2D eigenvalue weighted by molar-refractivity contribution is 5.73. The van der Waals surface area contributed by atoms with Crippen LogP contribution in [0.5, 0.6) is 0 Å². The maximum Gasteiger partial charge on any atom is 0.217 e. The van der Waals surface area contributed by atoms with Gasteiger partial charge < -0.3 is 19.9 Å². The summed E-state index contributed by atoms with van der Waals surface area (Å²) in [7, 11) is 3.05. The van der Waals surface area contributed by atoms with Crippen LogP contribution in [0, 0.1) is 0 Å². The lowest BCUT2D eigenvalue weighted by Crippen LogP contribution is -2.33. The van der Waals surface area contributed by atoms with Gasteiger partial charge in [-0.3, -0.25) is 4.79 Å². The fourth-order valence-electron chi connectivity index (χ4n) is 1.28. The van der Waals surface area contributed by atoms with Crippen LogP contribution in [-0.2, 0) is 19.0 Å². The zero-order chi connectivity index (χ0) is 10.6. The summed E-state index contributed by atoms with van der Waals surface area (Å²) in [6.07, 6.45) is 3.68. The minimum Gasteiger partial charge on any atom is -0.370 e. The Balaban J connectivity index is 2.52. The fourth-order valence-corrected chi connectivity index (χ4v) is 1.28. The monoisotopic (exact) mass is 201 g/mol. The smallest absolute Gasteiger partial charge is 0.217 e. The molecule has 0 spiro atoms. The van der Waals surface area contributed by atoms with E-state index in [1.54, 1.807) is 12.2 Å². The highest BCUT2D eigenvalue weighted by Crippen LogP contribution is 2.29. The van der Waals surface area contributed by atoms with Crippen molar-refractivity contribution in [1.82, 2.24) is 0 Å². The van der Waals surface area contributed by atoms with Gasteiger partial charge in [-0.25, -0.2) is 0 Å². The van der Waals surface area contributed by atoms with Crippen molar-refractivity contribution in [3.8, 4) is 0 Å². The van der Waals surface area contributed by atoms with Crippen LogP contribution in [0.3, 0.4) is 0 Å². The average Bonchev–Trinajstić information content (AvgIpc) is 2.59. The normalized spacial score (nSPS) is 30.9. The van der Waals surface area contributed by atoms with E-state index >= 15 is 0 Å². The van der Waals surface area contributed by atoms with Gasteiger partial charge in [0.1, 0.15) is 0 Å². The molecule has 80 valence electrons. The highest BCUT2D eigenvalue weighted by atomic mass is 16.8. The van der Waals surface area contributed by atoms with Crippen molar-refractivity contribution >= 4 is 5.91 Å². The molecule has 1 rings (SSSR count). The molecule has 5 heteroatoms. The van der Waals surface area contributed by atoms with Crippen LogP contribution in [0.2, 0.25) is 0 Å². The Morgan fingerprint density at radius 1 is 1.64 bits per heavy atom. The molecule has 0 aromatic carbocycles. The number of rotatable bonds is 5. The largest absolute Gasteiger partial charge is 0.370 e. The third-order valence-corrected chi connectivity index (χ3v) is 2.12. The van der Waals surface area contributed by atoms with Crippen LogP contribution in [0.1, 0.15) is 12.8 Å². The molecule has 5 nitrogen and oxygen atoms in total. The van der Waals surface area contributed by atoms with Gasteiger partial charge in [-0.1, -0.05) is 0 Å². The Morgan fingerprint density at radius 3 is 2.79 bits per heavy atom. The second kappa shape index (κ2) is 4.54. The lowest BCUT2D eigenvalue weighted by Gasteiger charge is -2.26. The van der Waals surface area contributed by atoms with Gasteiger partial charge in [-0.2, -0.15) is 0 Å². The second-order valence-corrected chi connectivity index (χ2v) is 3.06. The Labute approximate surface area is 82.8 Å². The second-order valence-electron chi connectivity index (χ2n) is 3.06. The zero-order valence-electron chi connectivity index (χ0n) is 8.36. The molecular weight excluding hydrogens is 186 g/mol. The van der Waals surface area contributed by atoms with Crippen molar-refractivity contribution in [1.29, 1.82) is 0 Å². The first kappa shape index (κ1) is 11.2. The van der Waals surface area contributed by atoms with Crippen molar-refractivity contribution in [3.05, 3.63) is 12.2 Å². The molecule has 0 aromatic heterocycles. The summed E-state index contributed by atoms with van der Waals surface area (Å²) >= 11 is 0. The minimum absolute atomic E-state index is 0.217. The van der Waals surface area contributed by atoms with E-state index in [0.29, 0.717) is 6.42 Å². The molecule has 2 N–H and O–H groups in total. The highest BCUT2D eigenvalue weighted by Gasteiger charge is 2.35. The molecule has 0 unspecified atom stereocenters. The summed E-state index contributed by atoms with van der Waals surface area (Å²) in [5.41, 5.74) is 5.05. The van der Waals surface area contributed by atoms with Gasteiger partial charge in [-0.05, 0) is 12.2 Å². The lowest BCUT2D eigenvalue weighted by molar-refractivity contribution is -0.244. The zero-order valence-corrected chi connectivity index (χ0v) is 8.36. The number of hydrogen-bond donors (Lipinski definition) is 1. The maximum absolute atomic E-state index is 10.6. The summed E-state index contributed by atoms with van der Waals surface area (Å²) in [5.74, 6) is -1.24. The molecule has 14 heavy (non-hydrogen) atoms. The molecule has 0 bridgehead atoms. The van der Waals surface area contributed by atoms with Crippen LogP contribution < -0.4 is 5.73 Å². The van der Waals surface area contributed by atoms with Crippen molar-refractivity contribution in [2.45, 2.75) is 24.9 Å². The lowest BCUT2D eigenvalue weighted by atomic mass is 10.1. The predicted molar refractivity (Wildman–Crippen MR) is 49.2 cm³/mol. The maximum atomic E-state index is 10.6. The van der Waals surface area contributed by atoms with Gasteiger partial charge in [0.2, 0.25) is 5.91 Å². The van der Waals surface area contributed by atoms with Crippen LogP contribution >= 0.6 is 0 Å². The number of primary amides is 1. The first-order chi connectivity index (χ1) is 6.62. The molecular formula is C9H15NO4. The molecule has 1 heterocycles. The number of nitrogens with two attached hydrogens (primary N) is 1. The van der Waals surface area contributed by atoms with E-state index in [4.69, 9.17) is 19.9 Å². The number of methoxy groups -OCH3 is 2. The third kappa shape index (κ3) is 2.54. The summed E-state index contributed by atoms with van der Waals surface area (Å²) in [6.45, 7) is 0. The van der Waals surface area contributed by atoms with Crippen LogP contribution in [0.15, 0.2) is 12.2 Å². The molecule has 0 aromatic rings. The van der Waals surface area contributed by atoms with E-state index < -0.39 is 12.1 Å². The van der Waals surface area contributed by atoms with Crippen LogP contribution in [0.25, 0.3) is 0 Å². The summed E-state index contributed by atoms with van der Waals surface area (Å²) in [6, 6.07) is 0. The Kier molecular flexibility index (Phi) is 3.62. The molecule has 0 fully saturated rings. The molecule has 2 atom stereocenters. The molecule has 1 amide bonds. The molecule has 1 aliphatic rings. The van der Waals surface area contributed by atoms with E-state index in [9.17, 15) is 4.79 Å². The van der Waals surface area contributed by atoms with Gasteiger partial charge in [0.25, 0.3) is 0 Å². The van der Waals surface area contributed by atoms with Crippen LogP contribution in [-0.4, -0.2) is 32.2 Å². The van der Waals surface area contributed by atoms with Crippen LogP contribution in [0.4, 0.5) is 0 Å². The summed E-state index contributed by atoms with van der Waals surface area (Å²) in [5, 5.41) is 0. The van der Waals surface area contributed by atoms with Crippen molar-refractivity contribution in [3.63, 3.8) is 0 Å². The van der Waals surface area contributed by atoms with Crippen molar-refractivity contribution < 1.29 is 19.0 Å². The minimum atomic E-state index is -0.865. The molecule has 0 aliphatic carbocycles. The molecule has 1 aliphatic heterocycles. The quantitative estimate of drug-likeness (QED) is 0.643. The van der Waals surface area contributed by atoms with Gasteiger partial charge in [0.05, 0.1) is 0 Å². The molecule has 0 radical (unpaired) electrons. The van der Waals surface area contributed by atoms with Crippen molar-refractivity contribution in [2.75, 3.05) is 14.2 Å². The van der Waals surface area contributed by atoms with Gasteiger partial charge in [0.15, 0.2) is 12.1 Å². The number of ether oxygens (including phenoxy) is 3. The topological polar surface area (TPSA) is 70.8 Å². The molecule has 0 saturated heterocycles. The Morgan fingerprint density at radius 2 is 2.36 bits per heavy atom. The third-order valence-electron chi connectivity index (χ3n) is 2.12. The van der Waals surface area contributed by atoms with E-state index in [1.807, 2.05) is 0 Å². The van der Waals surface area contributed by atoms with Gasteiger partial charge in [0, 0.05) is 27.1 Å². The number of hydrogen-bond acceptors (Lipinski definition) is 4. The first-order valence-electron chi connectivity index (χ1n) is 4.35. The summed E-state index contributed by atoms with van der Waals surface area (Å²) in [4.78, 5) is 10.6. The number of carbonyl (C=O) groups excluding carboxylic acids is 1. The van der Waals surface area contributed by atoms with E-state index in [1.165, 1.54) is 14.2 Å². The average molecular weight is 201 g/mol. The van der Waals surface area contributed by atoms with Gasteiger partial charge >= 0.3 is 0 Å². The van der Waals surface area contributed by atoms with E-state index in [2.05, 4.69) is 0 Å². The predicted octanol–water partition coefficient (Wildman–Crippen LogP) is 0.154. The standard InChI is InChI=1S/C9H15NO4/c1-12-8-4-6-9(13-2,14-8)5-3-7(10)11/h4,6,8H,3,5H2,1-2H3,(H2,10,11)/t8-,9+/m1/s1. The van der Waals surface area contributed by atoms with Crippen molar-refractivity contribution in [2.24, 2.45) is 5.73 Å². The number of carbonyl (C=O) groups is 1. The van der Waals surface area contributed by atoms with Gasteiger partial charge in [-0.15, -0.1) is 0 Å². The first-order valence-corrected chi connectivity index (χ1v) is 4.35. The number of amides is 1. The van der Waals surface area contributed by atoms with E-state index in [-0.39, 0.29) is 12.3 Å². The summed E-state index contributed by atoms with van der Waals surface area (Å²) < 4.78 is 15.6. The SMILES string of the molecule is CO[C@H]1C=C[C@@](CCC(N)=O)(OC)O1. The Bertz CT molecular complexity index is 241. The Hall–Kier alpha value is -0.910. The van der Waals surface area contributed by atoms with E-state index in [0.717, 1.165) is 0 Å². The molecule has 0 saturated carbocycles. The fraction of sp³-hybridized carbons (Fsp3) is 0.667.